The molecule has 10 heteroatoms. The fraction of sp³-hybridized carbons (Fsp3) is 0.600. The van der Waals surface area contributed by atoms with Crippen LogP contribution in [0.25, 0.3) is 5.69 Å². The van der Waals surface area contributed by atoms with Gasteiger partial charge in [-0.15, -0.1) is 0 Å². The SMILES string of the molecule is COc1ccc(C23CCC(CN(c4cc(-n5ccc(C(C)(C)C)n5)ccn4)C(=O)[C@H]4CC[C@H](OC(=O)N5CC(O)C5)CC4)(CC2)CC3)cc1C. The van der Waals surface area contributed by atoms with E-state index < -0.39 is 6.10 Å². The van der Waals surface area contributed by atoms with Crippen molar-refractivity contribution in [2.24, 2.45) is 11.3 Å². The lowest BCUT2D eigenvalue weighted by Gasteiger charge is -2.55. The van der Waals surface area contributed by atoms with E-state index in [1.54, 1.807) is 13.3 Å². The van der Waals surface area contributed by atoms with Crippen LogP contribution in [0.15, 0.2) is 48.8 Å². The summed E-state index contributed by atoms with van der Waals surface area (Å²) in [6.07, 6.45) is 11.9. The Balaban J connectivity index is 1.10. The first-order valence-corrected chi connectivity index (χ1v) is 18.5. The lowest BCUT2D eigenvalue weighted by Crippen LogP contribution is -2.54. The Morgan fingerprint density at radius 2 is 1.68 bits per heavy atom. The van der Waals surface area contributed by atoms with Gasteiger partial charge in [0.15, 0.2) is 0 Å². The van der Waals surface area contributed by atoms with Crippen molar-refractivity contribution in [1.29, 1.82) is 0 Å². The zero-order chi connectivity index (χ0) is 35.3. The quantitative estimate of drug-likeness (QED) is 0.276. The number of aliphatic hydroxyl groups excluding tert-OH is 1. The van der Waals surface area contributed by atoms with Gasteiger partial charge in [-0.05, 0) is 111 Å². The number of nitrogens with zero attached hydrogens (tertiary/aromatic N) is 5. The van der Waals surface area contributed by atoms with Gasteiger partial charge in [0.1, 0.15) is 17.7 Å². The molecule has 5 fully saturated rings. The minimum Gasteiger partial charge on any atom is -0.496 e. The van der Waals surface area contributed by atoms with Crippen LogP contribution in [0.5, 0.6) is 5.75 Å². The molecule has 268 valence electrons. The number of rotatable bonds is 8. The Morgan fingerprint density at radius 1 is 0.980 bits per heavy atom. The highest BCUT2D eigenvalue weighted by Crippen LogP contribution is 2.58. The minimum atomic E-state index is -0.460. The summed E-state index contributed by atoms with van der Waals surface area (Å²) >= 11 is 0. The summed E-state index contributed by atoms with van der Waals surface area (Å²) in [5.41, 5.74) is 4.63. The van der Waals surface area contributed by atoms with E-state index in [-0.39, 0.29) is 40.3 Å². The second kappa shape index (κ2) is 13.3. The van der Waals surface area contributed by atoms with Crippen molar-refractivity contribution in [2.75, 3.05) is 31.6 Å². The van der Waals surface area contributed by atoms with Crippen molar-refractivity contribution in [1.82, 2.24) is 19.7 Å². The van der Waals surface area contributed by atoms with Gasteiger partial charge < -0.3 is 19.5 Å². The number of benzene rings is 1. The number of amides is 2. The van der Waals surface area contributed by atoms with Gasteiger partial charge in [0.05, 0.1) is 37.7 Å². The predicted octanol–water partition coefficient (Wildman–Crippen LogP) is 6.88. The van der Waals surface area contributed by atoms with Crippen LogP contribution in [0, 0.1) is 18.3 Å². The molecule has 0 spiro atoms. The Morgan fingerprint density at radius 3 is 2.28 bits per heavy atom. The van der Waals surface area contributed by atoms with Crippen LogP contribution in [-0.2, 0) is 20.4 Å². The van der Waals surface area contributed by atoms with E-state index in [1.165, 1.54) is 16.0 Å². The molecule has 50 heavy (non-hydrogen) atoms. The average molecular weight is 684 g/mol. The number of aromatic nitrogens is 3. The first-order valence-electron chi connectivity index (χ1n) is 18.5. The number of aryl methyl sites for hydroxylation is 1. The summed E-state index contributed by atoms with van der Waals surface area (Å²) in [6, 6.07) is 12.7. The number of likely N-dealkylation sites (tertiary alicyclic amines) is 1. The zero-order valence-electron chi connectivity index (χ0n) is 30.4. The molecule has 2 amide bonds. The van der Waals surface area contributed by atoms with Gasteiger partial charge in [0.2, 0.25) is 5.91 Å². The summed E-state index contributed by atoms with van der Waals surface area (Å²) in [5.74, 6) is 1.56. The Labute approximate surface area is 296 Å². The molecule has 3 heterocycles. The number of fused-ring (bicyclic) bond motifs is 3. The number of hydrogen-bond acceptors (Lipinski definition) is 7. The van der Waals surface area contributed by atoms with Gasteiger partial charge in [0, 0.05) is 36.3 Å². The molecule has 0 atom stereocenters. The Bertz CT molecular complexity index is 1690. The van der Waals surface area contributed by atoms with Crippen LogP contribution in [0.2, 0.25) is 0 Å². The van der Waals surface area contributed by atoms with Crippen LogP contribution in [0.3, 0.4) is 0 Å². The standard InChI is InChI=1S/C40H53N5O5/c1-27-22-29(8-11-33(27)49-5)40-17-14-39(15-18-40,16-19-40)26-44(35-23-30(12-20-41-35)45-21-13-34(42-45)38(2,3)4)36(47)28-6-9-32(10-7-28)50-37(48)43-24-31(46)25-43/h8,11-13,20-23,28,31-32,46H,6-7,9-10,14-19,24-26H2,1-5H3/t28-,32-,39?,40?. The second-order valence-electron chi connectivity index (χ2n) is 16.6. The largest absolute Gasteiger partial charge is 0.496 e. The van der Waals surface area contributed by atoms with Crippen LogP contribution in [-0.4, -0.2) is 75.7 Å². The highest BCUT2D eigenvalue weighted by molar-refractivity contribution is 5.94. The van der Waals surface area contributed by atoms with Crippen molar-refractivity contribution in [2.45, 2.75) is 115 Å². The number of methoxy groups -OCH3 is 1. The highest BCUT2D eigenvalue weighted by atomic mass is 16.6. The fourth-order valence-corrected chi connectivity index (χ4v) is 8.78. The molecular weight excluding hydrogens is 630 g/mol. The third kappa shape index (κ3) is 6.75. The molecule has 1 N–H and O–H groups in total. The van der Waals surface area contributed by atoms with E-state index in [2.05, 4.69) is 52.0 Å². The number of carbonyl (C=O) groups is 2. The molecule has 0 unspecified atom stereocenters. The average Bonchev–Trinajstić information content (AvgIpc) is 3.62. The van der Waals surface area contributed by atoms with Gasteiger partial charge in [-0.1, -0.05) is 32.9 Å². The van der Waals surface area contributed by atoms with Crippen LogP contribution < -0.4 is 9.64 Å². The zero-order valence-corrected chi connectivity index (χ0v) is 30.4. The smallest absolute Gasteiger partial charge is 0.410 e. The molecule has 2 bridgehead atoms. The Hall–Kier alpha value is -3.92. The number of aliphatic hydroxyl groups is 1. The first-order chi connectivity index (χ1) is 23.9. The second-order valence-corrected chi connectivity index (χ2v) is 16.6. The fourth-order valence-electron chi connectivity index (χ4n) is 8.78. The molecule has 1 saturated heterocycles. The van der Waals surface area contributed by atoms with Gasteiger partial charge in [-0.2, -0.15) is 5.10 Å². The summed E-state index contributed by atoms with van der Waals surface area (Å²) in [4.78, 5) is 35.5. The molecule has 5 aliphatic rings. The van der Waals surface area contributed by atoms with E-state index in [0.717, 1.165) is 55.7 Å². The molecule has 0 radical (unpaired) electrons. The summed E-state index contributed by atoms with van der Waals surface area (Å²) in [5, 5.41) is 14.4. The van der Waals surface area contributed by atoms with Crippen molar-refractivity contribution >= 4 is 17.8 Å². The Kier molecular flexibility index (Phi) is 9.20. The normalized spacial score (nSPS) is 26.7. The molecule has 2 aromatic heterocycles. The highest BCUT2D eigenvalue weighted by Gasteiger charge is 2.51. The van der Waals surface area contributed by atoms with Crippen molar-refractivity contribution < 1.29 is 24.2 Å². The van der Waals surface area contributed by atoms with E-state index >= 15 is 0 Å². The minimum absolute atomic E-state index is 0.0379. The molecule has 4 saturated carbocycles. The molecule has 1 aliphatic heterocycles. The maximum Gasteiger partial charge on any atom is 0.410 e. The maximum absolute atomic E-state index is 14.6. The lowest BCUT2D eigenvalue weighted by molar-refractivity contribution is -0.124. The first kappa shape index (κ1) is 34.5. The summed E-state index contributed by atoms with van der Waals surface area (Å²) < 4.78 is 13.2. The lowest BCUT2D eigenvalue weighted by atomic mass is 9.51. The predicted molar refractivity (Wildman–Crippen MR) is 192 cm³/mol. The van der Waals surface area contributed by atoms with Gasteiger partial charge in [0.25, 0.3) is 0 Å². The van der Waals surface area contributed by atoms with E-state index in [0.29, 0.717) is 51.1 Å². The number of anilines is 1. The van der Waals surface area contributed by atoms with E-state index in [4.69, 9.17) is 19.6 Å². The summed E-state index contributed by atoms with van der Waals surface area (Å²) in [6.45, 7) is 9.89. The molecular formula is C40H53N5O5. The van der Waals surface area contributed by atoms with Crippen molar-refractivity contribution in [3.8, 4) is 11.4 Å². The van der Waals surface area contributed by atoms with E-state index in [9.17, 15) is 14.7 Å². The van der Waals surface area contributed by atoms with Crippen LogP contribution in [0.1, 0.15) is 102 Å². The number of carbonyl (C=O) groups excluding carboxylic acids is 2. The number of hydrogen-bond donors (Lipinski definition) is 1. The number of pyridine rings is 1. The summed E-state index contributed by atoms with van der Waals surface area (Å²) in [7, 11) is 1.73. The van der Waals surface area contributed by atoms with Gasteiger partial charge in [-0.3, -0.25) is 9.69 Å². The molecule has 4 aliphatic carbocycles. The van der Waals surface area contributed by atoms with E-state index in [1.807, 2.05) is 27.9 Å². The van der Waals surface area contributed by atoms with Crippen molar-refractivity contribution in [3.05, 3.63) is 65.6 Å². The van der Waals surface area contributed by atoms with Crippen LogP contribution >= 0.6 is 0 Å². The number of β-amino-alcohol motifs (C(OH)–C–C–N with tert-alkyl or cyclic N) is 1. The van der Waals surface area contributed by atoms with Crippen LogP contribution in [0.4, 0.5) is 10.6 Å². The monoisotopic (exact) mass is 683 g/mol. The molecule has 1 aromatic carbocycles. The number of ether oxygens (including phenoxy) is 2. The van der Waals surface area contributed by atoms with Gasteiger partial charge >= 0.3 is 6.09 Å². The van der Waals surface area contributed by atoms with Crippen molar-refractivity contribution in [3.63, 3.8) is 0 Å². The third-order valence-corrected chi connectivity index (χ3v) is 12.2. The molecule has 10 nitrogen and oxygen atoms in total. The molecule has 8 rings (SSSR count). The topological polar surface area (TPSA) is 110 Å². The third-order valence-electron chi connectivity index (χ3n) is 12.2. The maximum atomic E-state index is 14.6. The van der Waals surface area contributed by atoms with Gasteiger partial charge in [-0.25, -0.2) is 14.5 Å². The molecule has 3 aromatic rings.